The number of fused-ring (bicyclic) bond motifs is 1. The maximum Gasteiger partial charge on any atom is 0.281 e. The predicted molar refractivity (Wildman–Crippen MR) is 84.1 cm³/mol. The van der Waals surface area contributed by atoms with E-state index in [1.807, 2.05) is 12.3 Å². The summed E-state index contributed by atoms with van der Waals surface area (Å²) in [6.45, 7) is 0. The van der Waals surface area contributed by atoms with Crippen LogP contribution in [0.3, 0.4) is 0 Å². The molecule has 1 aliphatic rings. The van der Waals surface area contributed by atoms with Crippen LogP contribution in [0.2, 0.25) is 0 Å². The fraction of sp³-hybridized carbons (Fsp3) is 0.294. The number of ether oxygens (including phenoxy) is 1. The Morgan fingerprint density at radius 3 is 3.00 bits per heavy atom. The molecule has 1 aromatic heterocycles. The van der Waals surface area contributed by atoms with Crippen molar-refractivity contribution >= 4 is 6.02 Å². The number of nitrogens with two attached hydrogens (primary N) is 1. The van der Waals surface area contributed by atoms with Gasteiger partial charge in [0.1, 0.15) is 0 Å². The summed E-state index contributed by atoms with van der Waals surface area (Å²) >= 11 is 0. The fourth-order valence-electron chi connectivity index (χ4n) is 2.92. The number of aromatic nitrogens is 1. The summed E-state index contributed by atoms with van der Waals surface area (Å²) in [6.07, 6.45) is 6.63. The van der Waals surface area contributed by atoms with Crippen LogP contribution in [0, 0.1) is 0 Å². The first-order valence-corrected chi connectivity index (χ1v) is 7.16. The molecule has 0 amide bonds. The number of hydrogen-bond acceptors (Lipinski definition) is 3. The zero-order valence-electron chi connectivity index (χ0n) is 12.1. The maximum atomic E-state index is 5.66. The van der Waals surface area contributed by atoms with E-state index in [0.29, 0.717) is 0 Å². The Labute approximate surface area is 124 Å². The molecule has 2 aromatic rings. The Balaban J connectivity index is 1.92. The average Bonchev–Trinajstić information content (AvgIpc) is 2.54. The number of aliphatic imine (C=N–C) groups is 1. The minimum absolute atomic E-state index is 0.210. The molecule has 2 N–H and O–H groups in total. The van der Waals surface area contributed by atoms with Crippen LogP contribution in [0.5, 0.6) is 0 Å². The molecule has 0 saturated heterocycles. The lowest BCUT2D eigenvalue weighted by Gasteiger charge is -2.24. The quantitative estimate of drug-likeness (QED) is 0.680. The molecular weight excluding hydrogens is 262 g/mol. The summed E-state index contributed by atoms with van der Waals surface area (Å²) in [5, 5.41) is 0. The van der Waals surface area contributed by atoms with Crippen molar-refractivity contribution in [3.05, 3.63) is 53.9 Å². The van der Waals surface area contributed by atoms with Crippen LogP contribution < -0.4 is 5.73 Å². The second kappa shape index (κ2) is 5.95. The minimum atomic E-state index is 0.210. The number of benzene rings is 1. The second-order valence-corrected chi connectivity index (χ2v) is 5.25. The third-order valence-electron chi connectivity index (χ3n) is 3.95. The van der Waals surface area contributed by atoms with E-state index in [-0.39, 0.29) is 12.1 Å². The summed E-state index contributed by atoms with van der Waals surface area (Å²) in [7, 11) is 1.55. The molecule has 0 aliphatic heterocycles. The highest BCUT2D eigenvalue weighted by atomic mass is 16.5. The monoisotopic (exact) mass is 281 g/mol. The molecule has 0 spiro atoms. The Bertz CT molecular complexity index is 652. The van der Waals surface area contributed by atoms with E-state index in [9.17, 15) is 0 Å². The molecule has 0 bridgehead atoms. The van der Waals surface area contributed by atoms with Crippen molar-refractivity contribution in [1.29, 1.82) is 0 Å². The number of rotatable bonds is 2. The van der Waals surface area contributed by atoms with Gasteiger partial charge in [0.05, 0.1) is 13.2 Å². The van der Waals surface area contributed by atoms with Crippen molar-refractivity contribution in [1.82, 2.24) is 4.98 Å². The van der Waals surface area contributed by atoms with Gasteiger partial charge in [-0.3, -0.25) is 4.98 Å². The normalized spacial score (nSPS) is 18.1. The summed E-state index contributed by atoms with van der Waals surface area (Å²) in [6, 6.07) is 11.0. The Hall–Kier alpha value is -2.36. The van der Waals surface area contributed by atoms with E-state index in [2.05, 4.69) is 34.2 Å². The van der Waals surface area contributed by atoms with Crippen LogP contribution >= 0.6 is 0 Å². The van der Waals surface area contributed by atoms with Crippen molar-refractivity contribution in [3.63, 3.8) is 0 Å². The highest BCUT2D eigenvalue weighted by Crippen LogP contribution is 2.32. The Morgan fingerprint density at radius 2 is 2.24 bits per heavy atom. The van der Waals surface area contributed by atoms with Crippen molar-refractivity contribution < 1.29 is 4.74 Å². The molecule has 21 heavy (non-hydrogen) atoms. The first-order valence-electron chi connectivity index (χ1n) is 7.16. The number of pyridine rings is 1. The maximum absolute atomic E-state index is 5.66. The number of methoxy groups -OCH3 is 1. The van der Waals surface area contributed by atoms with Crippen LogP contribution in [0.1, 0.15) is 17.5 Å². The molecule has 0 fully saturated rings. The van der Waals surface area contributed by atoms with Gasteiger partial charge >= 0.3 is 0 Å². The van der Waals surface area contributed by atoms with Gasteiger partial charge in [0, 0.05) is 18.0 Å². The zero-order chi connectivity index (χ0) is 14.7. The second-order valence-electron chi connectivity index (χ2n) is 5.25. The molecule has 1 heterocycles. The molecular formula is C17H19N3O. The van der Waals surface area contributed by atoms with Gasteiger partial charge in [-0.1, -0.05) is 24.3 Å². The molecule has 3 rings (SSSR count). The summed E-state index contributed by atoms with van der Waals surface area (Å²) in [5.41, 5.74) is 10.9. The van der Waals surface area contributed by atoms with Crippen molar-refractivity contribution in [2.75, 3.05) is 7.11 Å². The molecule has 1 aromatic carbocycles. The molecule has 1 unspecified atom stereocenters. The first kappa shape index (κ1) is 13.6. The van der Waals surface area contributed by atoms with E-state index >= 15 is 0 Å². The van der Waals surface area contributed by atoms with Crippen LogP contribution in [0.4, 0.5) is 0 Å². The molecule has 1 aliphatic carbocycles. The third-order valence-corrected chi connectivity index (χ3v) is 3.95. The Morgan fingerprint density at radius 1 is 1.33 bits per heavy atom. The van der Waals surface area contributed by atoms with E-state index in [1.165, 1.54) is 22.3 Å². The minimum Gasteiger partial charge on any atom is -0.469 e. The Kier molecular flexibility index (Phi) is 3.86. The van der Waals surface area contributed by atoms with Gasteiger partial charge in [0.15, 0.2) is 0 Å². The number of amidine groups is 1. The molecule has 0 radical (unpaired) electrons. The summed E-state index contributed by atoms with van der Waals surface area (Å²) < 4.78 is 4.95. The van der Waals surface area contributed by atoms with Crippen LogP contribution in [0.15, 0.2) is 47.7 Å². The topological polar surface area (TPSA) is 60.5 Å². The van der Waals surface area contributed by atoms with Crippen molar-refractivity contribution in [3.8, 4) is 11.1 Å². The molecule has 1 atom stereocenters. The third kappa shape index (κ3) is 2.89. The van der Waals surface area contributed by atoms with Gasteiger partial charge in [-0.05, 0) is 42.0 Å². The molecule has 4 heteroatoms. The highest BCUT2D eigenvalue weighted by Gasteiger charge is 2.21. The predicted octanol–water partition coefficient (Wildman–Crippen LogP) is 2.57. The van der Waals surface area contributed by atoms with Gasteiger partial charge < -0.3 is 10.5 Å². The molecule has 4 nitrogen and oxygen atoms in total. The average molecular weight is 281 g/mol. The van der Waals surface area contributed by atoms with E-state index in [4.69, 9.17) is 10.5 Å². The van der Waals surface area contributed by atoms with E-state index in [1.54, 1.807) is 13.3 Å². The van der Waals surface area contributed by atoms with Gasteiger partial charge in [-0.25, -0.2) is 4.99 Å². The highest BCUT2D eigenvalue weighted by molar-refractivity contribution is 5.72. The van der Waals surface area contributed by atoms with E-state index < -0.39 is 0 Å². The summed E-state index contributed by atoms with van der Waals surface area (Å²) in [5.74, 6) is 0. The number of hydrogen-bond donors (Lipinski definition) is 1. The lowest BCUT2D eigenvalue weighted by Crippen LogP contribution is -2.23. The van der Waals surface area contributed by atoms with Crippen LogP contribution in [0.25, 0.3) is 11.1 Å². The van der Waals surface area contributed by atoms with Crippen molar-refractivity contribution in [2.24, 2.45) is 10.7 Å². The summed E-state index contributed by atoms with van der Waals surface area (Å²) in [4.78, 5) is 8.64. The SMILES string of the molecule is COC(N)=NC1CCc2c(cccc2-c2cccnc2)C1. The van der Waals surface area contributed by atoms with Crippen LogP contribution in [-0.4, -0.2) is 24.2 Å². The van der Waals surface area contributed by atoms with Gasteiger partial charge in [0.25, 0.3) is 6.02 Å². The van der Waals surface area contributed by atoms with E-state index in [0.717, 1.165) is 19.3 Å². The molecule has 0 saturated carbocycles. The van der Waals surface area contributed by atoms with Crippen LogP contribution in [-0.2, 0) is 17.6 Å². The number of nitrogens with zero attached hydrogens (tertiary/aromatic N) is 2. The largest absolute Gasteiger partial charge is 0.469 e. The first-order chi connectivity index (χ1) is 10.3. The molecule has 108 valence electrons. The fourth-order valence-corrected chi connectivity index (χ4v) is 2.92. The lowest BCUT2D eigenvalue weighted by atomic mass is 9.84. The standard InChI is InChI=1S/C17H19N3O/c1-21-17(18)20-14-7-8-16-12(10-14)4-2-6-15(16)13-5-3-9-19-11-13/h2-6,9,11,14H,7-8,10H2,1H3,(H2,18,20). The van der Waals surface area contributed by atoms with Crippen molar-refractivity contribution in [2.45, 2.75) is 25.3 Å². The lowest BCUT2D eigenvalue weighted by molar-refractivity contribution is 0.388. The van der Waals surface area contributed by atoms with Gasteiger partial charge in [0.2, 0.25) is 0 Å². The van der Waals surface area contributed by atoms with Gasteiger partial charge in [-0.15, -0.1) is 0 Å². The van der Waals surface area contributed by atoms with Gasteiger partial charge in [-0.2, -0.15) is 0 Å². The smallest absolute Gasteiger partial charge is 0.281 e. The zero-order valence-corrected chi connectivity index (χ0v) is 12.1.